The molecule has 0 spiro atoms. The van der Waals surface area contributed by atoms with Crippen molar-refractivity contribution >= 4 is 15.7 Å². The van der Waals surface area contributed by atoms with Crippen LogP contribution in [0, 0.1) is 0 Å². The molecule has 1 aromatic heterocycles. The van der Waals surface area contributed by atoms with E-state index >= 15 is 0 Å². The van der Waals surface area contributed by atoms with Crippen LogP contribution in [0.4, 0.5) is 32.0 Å². The fraction of sp³-hybridized carbons (Fsp3) is 0.250. The van der Waals surface area contributed by atoms with Crippen molar-refractivity contribution in [2.24, 2.45) is 7.05 Å². The fourth-order valence-electron chi connectivity index (χ4n) is 2.88. The van der Waals surface area contributed by atoms with Crippen molar-refractivity contribution in [1.29, 1.82) is 0 Å². The topological polar surface area (TPSA) is 76.0 Å². The minimum absolute atomic E-state index is 0.108. The van der Waals surface area contributed by atoms with Crippen LogP contribution in [-0.4, -0.2) is 30.7 Å². The molecule has 13 heteroatoms. The quantitative estimate of drug-likeness (QED) is 0.475. The summed E-state index contributed by atoms with van der Waals surface area (Å²) in [5.74, 6) is 0. The molecule has 2 aromatic carbocycles. The summed E-state index contributed by atoms with van der Waals surface area (Å²) in [5, 5.41) is 3.00. The van der Waals surface area contributed by atoms with Crippen LogP contribution in [0.25, 0.3) is 11.3 Å². The van der Waals surface area contributed by atoms with E-state index in [9.17, 15) is 34.8 Å². The van der Waals surface area contributed by atoms with Crippen molar-refractivity contribution in [1.82, 2.24) is 14.3 Å². The number of hydrogen-bond acceptors (Lipinski definition) is 4. The number of aromatic nitrogens is 2. The Bertz CT molecular complexity index is 1220. The number of rotatable bonds is 7. The smallest absolute Gasteiger partial charge is 0.380 e. The Morgan fingerprint density at radius 1 is 1.00 bits per heavy atom. The first-order valence-corrected chi connectivity index (χ1v) is 10.8. The van der Waals surface area contributed by atoms with Crippen molar-refractivity contribution in [3.05, 3.63) is 66.1 Å². The van der Waals surface area contributed by atoms with E-state index in [1.54, 1.807) is 17.8 Å². The Morgan fingerprint density at radius 2 is 1.67 bits per heavy atom. The van der Waals surface area contributed by atoms with Crippen LogP contribution in [0.15, 0.2) is 59.9 Å². The van der Waals surface area contributed by atoms with Crippen LogP contribution in [0.5, 0.6) is 0 Å². The molecule has 0 fully saturated rings. The summed E-state index contributed by atoms with van der Waals surface area (Å²) < 4.78 is 103. The molecule has 1 heterocycles. The number of sulfonamides is 1. The predicted octanol–water partition coefficient (Wildman–Crippen LogP) is 4.56. The highest BCUT2D eigenvalue weighted by molar-refractivity contribution is 7.89. The monoisotopic (exact) mass is 492 g/mol. The third kappa shape index (κ3) is 6.48. The summed E-state index contributed by atoms with van der Waals surface area (Å²) in [7, 11) is -2.78. The van der Waals surface area contributed by atoms with Crippen molar-refractivity contribution in [2.45, 2.75) is 23.8 Å². The van der Waals surface area contributed by atoms with Gasteiger partial charge in [0.15, 0.2) is 0 Å². The number of alkyl halides is 6. The highest BCUT2D eigenvalue weighted by Gasteiger charge is 2.31. The molecular formula is C20H18F6N4O2S. The molecule has 0 aliphatic carbocycles. The summed E-state index contributed by atoms with van der Waals surface area (Å²) in [6, 6.07) is 8.15. The lowest BCUT2D eigenvalue weighted by Crippen LogP contribution is -2.33. The van der Waals surface area contributed by atoms with E-state index in [0.29, 0.717) is 16.9 Å². The molecule has 0 atom stereocenters. The maximum absolute atomic E-state index is 12.7. The minimum Gasteiger partial charge on any atom is -0.380 e. The van der Waals surface area contributed by atoms with E-state index in [-0.39, 0.29) is 12.1 Å². The van der Waals surface area contributed by atoms with Crippen LogP contribution < -0.4 is 10.0 Å². The van der Waals surface area contributed by atoms with Crippen molar-refractivity contribution in [3.63, 3.8) is 0 Å². The van der Waals surface area contributed by atoms with Gasteiger partial charge < -0.3 is 9.88 Å². The normalized spacial score (nSPS) is 12.7. The lowest BCUT2D eigenvalue weighted by Gasteiger charge is -2.15. The molecule has 2 N–H and O–H groups in total. The first-order chi connectivity index (χ1) is 15.2. The highest BCUT2D eigenvalue weighted by atomic mass is 32.2. The van der Waals surface area contributed by atoms with Gasteiger partial charge in [-0.2, -0.15) is 26.3 Å². The molecule has 0 aliphatic rings. The predicted molar refractivity (Wildman–Crippen MR) is 109 cm³/mol. The third-order valence-electron chi connectivity index (χ3n) is 4.51. The molecule has 0 aliphatic heterocycles. The molecule has 0 unspecified atom stereocenters. The molecule has 178 valence electrons. The lowest BCUT2D eigenvalue weighted by atomic mass is 10.1. The Hall–Kier alpha value is -3.06. The zero-order valence-electron chi connectivity index (χ0n) is 17.0. The van der Waals surface area contributed by atoms with Crippen molar-refractivity contribution < 1.29 is 34.8 Å². The van der Waals surface area contributed by atoms with E-state index in [4.69, 9.17) is 0 Å². The highest BCUT2D eigenvalue weighted by Crippen LogP contribution is 2.31. The van der Waals surface area contributed by atoms with E-state index in [2.05, 4.69) is 10.3 Å². The Morgan fingerprint density at radius 3 is 2.21 bits per heavy atom. The molecule has 0 saturated heterocycles. The van der Waals surface area contributed by atoms with Gasteiger partial charge in [-0.25, -0.2) is 18.1 Å². The van der Waals surface area contributed by atoms with Crippen molar-refractivity contribution in [2.75, 3.05) is 11.9 Å². The molecule has 0 bridgehead atoms. The molecule has 0 amide bonds. The molecule has 3 rings (SSSR count). The van der Waals surface area contributed by atoms with Gasteiger partial charge in [0.2, 0.25) is 10.0 Å². The maximum Gasteiger partial charge on any atom is 0.416 e. The van der Waals surface area contributed by atoms with Gasteiger partial charge in [-0.3, -0.25) is 0 Å². The summed E-state index contributed by atoms with van der Waals surface area (Å²) in [4.78, 5) is 3.76. The number of anilines is 1. The minimum atomic E-state index is -4.72. The first-order valence-electron chi connectivity index (χ1n) is 9.33. The van der Waals surface area contributed by atoms with Gasteiger partial charge >= 0.3 is 12.4 Å². The van der Waals surface area contributed by atoms with E-state index in [1.807, 2.05) is 0 Å². The standard InChI is InChI=1S/C20H18F6N4O2S/c1-30-10-18(28-12-30)16-8-15(33(31,32)29-11-19(21,22)23)6-7-17(16)27-9-13-2-4-14(5-3-13)20(24,25)26/h2-8,10,12,27,29H,9,11H2,1H3. The Labute approximate surface area is 185 Å². The average molecular weight is 492 g/mol. The number of aryl methyl sites for hydroxylation is 1. The number of nitrogens with one attached hydrogen (secondary N) is 2. The molecule has 6 nitrogen and oxygen atoms in total. The second kappa shape index (κ2) is 9.06. The zero-order valence-corrected chi connectivity index (χ0v) is 17.8. The lowest BCUT2D eigenvalue weighted by molar-refractivity contribution is -0.137. The van der Waals surface area contributed by atoms with Crippen molar-refractivity contribution in [3.8, 4) is 11.3 Å². The van der Waals surface area contributed by atoms with Crippen LogP contribution >= 0.6 is 0 Å². The molecule has 0 saturated carbocycles. The van der Waals surface area contributed by atoms with Crippen LogP contribution in [-0.2, 0) is 29.8 Å². The Balaban J connectivity index is 1.88. The second-order valence-corrected chi connectivity index (χ2v) is 8.89. The number of halogens is 6. The zero-order chi connectivity index (χ0) is 24.4. The van der Waals surface area contributed by atoms with E-state index in [0.717, 1.165) is 18.2 Å². The van der Waals surface area contributed by atoms with Crippen LogP contribution in [0.2, 0.25) is 0 Å². The number of nitrogens with zero attached hydrogens (tertiary/aromatic N) is 2. The van der Waals surface area contributed by atoms with E-state index in [1.165, 1.54) is 35.3 Å². The van der Waals surface area contributed by atoms with Crippen LogP contribution in [0.1, 0.15) is 11.1 Å². The SMILES string of the molecule is Cn1cnc(-c2cc(S(=O)(=O)NCC(F)(F)F)ccc2NCc2ccc(C(F)(F)F)cc2)c1. The summed E-state index contributed by atoms with van der Waals surface area (Å²) in [5.41, 5.74) is 0.765. The summed E-state index contributed by atoms with van der Waals surface area (Å²) >= 11 is 0. The summed E-state index contributed by atoms with van der Waals surface area (Å²) in [6.07, 6.45) is -6.14. The third-order valence-corrected chi connectivity index (χ3v) is 5.91. The maximum atomic E-state index is 12.7. The fourth-order valence-corrected chi connectivity index (χ4v) is 3.92. The number of benzene rings is 2. The summed E-state index contributed by atoms with van der Waals surface area (Å²) in [6.45, 7) is -1.61. The average Bonchev–Trinajstić information content (AvgIpc) is 3.16. The van der Waals surface area contributed by atoms with Gasteiger partial charge in [-0.1, -0.05) is 12.1 Å². The molecular weight excluding hydrogens is 474 g/mol. The first kappa shape index (κ1) is 24.6. The van der Waals surface area contributed by atoms with Gasteiger partial charge in [0.05, 0.1) is 22.5 Å². The van der Waals surface area contributed by atoms with Crippen LogP contribution in [0.3, 0.4) is 0 Å². The number of imidazole rings is 1. The van der Waals surface area contributed by atoms with Gasteiger partial charge in [-0.05, 0) is 35.9 Å². The largest absolute Gasteiger partial charge is 0.416 e. The van der Waals surface area contributed by atoms with E-state index < -0.39 is 39.4 Å². The molecule has 0 radical (unpaired) electrons. The molecule has 33 heavy (non-hydrogen) atoms. The van der Waals surface area contributed by atoms with Gasteiger partial charge in [-0.15, -0.1) is 0 Å². The second-order valence-electron chi connectivity index (χ2n) is 7.12. The van der Waals surface area contributed by atoms with Gasteiger partial charge in [0, 0.05) is 31.0 Å². The van der Waals surface area contributed by atoms with Gasteiger partial charge in [0.1, 0.15) is 6.54 Å². The Kier molecular flexibility index (Phi) is 6.75. The van der Waals surface area contributed by atoms with Gasteiger partial charge in [0.25, 0.3) is 0 Å². The number of hydrogen-bond donors (Lipinski definition) is 2. The molecule has 3 aromatic rings.